The minimum Gasteiger partial charge on any atom is -0.493 e. The number of aromatic nitrogens is 3. The lowest BCUT2D eigenvalue weighted by molar-refractivity contribution is 0.102. The average molecular weight is 388 g/mol. The average Bonchev–Trinajstić information content (AvgIpc) is 3.19. The van der Waals surface area contributed by atoms with Gasteiger partial charge in [0, 0.05) is 5.56 Å². The summed E-state index contributed by atoms with van der Waals surface area (Å²) in [6.07, 6.45) is 3.35. The molecule has 7 heteroatoms. The van der Waals surface area contributed by atoms with Crippen LogP contribution in [0, 0.1) is 0 Å². The molecule has 0 unspecified atom stereocenters. The van der Waals surface area contributed by atoms with Gasteiger partial charge in [0.05, 0.1) is 36.6 Å². The number of anilines is 1. The van der Waals surface area contributed by atoms with E-state index < -0.39 is 0 Å². The zero-order chi connectivity index (χ0) is 20.2. The van der Waals surface area contributed by atoms with Crippen molar-refractivity contribution in [3.8, 4) is 17.3 Å². The van der Waals surface area contributed by atoms with Gasteiger partial charge in [-0.1, -0.05) is 12.1 Å². The number of amides is 1. The molecular weight excluding hydrogens is 368 g/mol. The molecule has 2 aromatic heterocycles. The van der Waals surface area contributed by atoms with Crippen LogP contribution in [0.25, 0.3) is 16.9 Å². The standard InChI is InChI=1S/C22H20N4O3/c1-3-29-19-10-8-15(12-20(19)28-2)22(27)25-16-9-11-21(23-13-16)26-14-24-17-6-4-5-7-18(17)26/h4-14H,3H2,1-2H3,(H,25,27). The number of imidazole rings is 1. The molecule has 0 saturated heterocycles. The predicted octanol–water partition coefficient (Wildman–Crippen LogP) is 4.08. The van der Waals surface area contributed by atoms with E-state index in [1.54, 1.807) is 43.9 Å². The molecule has 0 atom stereocenters. The molecule has 2 aromatic carbocycles. The fraction of sp³-hybridized carbons (Fsp3) is 0.136. The molecule has 0 bridgehead atoms. The molecule has 0 fully saturated rings. The quantitative estimate of drug-likeness (QED) is 0.538. The van der Waals surface area contributed by atoms with Crippen molar-refractivity contribution in [1.29, 1.82) is 0 Å². The number of nitrogens with zero attached hydrogens (tertiary/aromatic N) is 3. The second kappa shape index (κ2) is 8.02. The van der Waals surface area contributed by atoms with Crippen molar-refractivity contribution < 1.29 is 14.3 Å². The summed E-state index contributed by atoms with van der Waals surface area (Å²) in [7, 11) is 1.54. The molecule has 0 spiro atoms. The Labute approximate surface area is 167 Å². The SMILES string of the molecule is CCOc1ccc(C(=O)Nc2ccc(-n3cnc4ccccc43)nc2)cc1OC. The molecule has 0 radical (unpaired) electrons. The molecule has 2 heterocycles. The Hall–Kier alpha value is -3.87. The Kier molecular flexibility index (Phi) is 5.11. The van der Waals surface area contributed by atoms with Gasteiger partial charge in [-0.2, -0.15) is 0 Å². The van der Waals surface area contributed by atoms with Crippen molar-refractivity contribution in [1.82, 2.24) is 14.5 Å². The summed E-state index contributed by atoms with van der Waals surface area (Å²) in [6, 6.07) is 16.6. The number of hydrogen-bond donors (Lipinski definition) is 1. The number of para-hydroxylation sites is 2. The van der Waals surface area contributed by atoms with Gasteiger partial charge in [0.25, 0.3) is 5.91 Å². The van der Waals surface area contributed by atoms with Crippen molar-refractivity contribution in [2.45, 2.75) is 6.92 Å². The zero-order valence-electron chi connectivity index (χ0n) is 16.1. The lowest BCUT2D eigenvalue weighted by atomic mass is 10.2. The van der Waals surface area contributed by atoms with E-state index in [-0.39, 0.29) is 5.91 Å². The van der Waals surface area contributed by atoms with Gasteiger partial charge in [0.1, 0.15) is 12.1 Å². The maximum atomic E-state index is 12.6. The molecule has 4 aromatic rings. The van der Waals surface area contributed by atoms with Crippen molar-refractivity contribution >= 4 is 22.6 Å². The number of rotatable bonds is 6. The number of carbonyl (C=O) groups is 1. The number of fused-ring (bicyclic) bond motifs is 1. The summed E-state index contributed by atoms with van der Waals surface area (Å²) in [5.41, 5.74) is 2.93. The lowest BCUT2D eigenvalue weighted by Crippen LogP contribution is -2.12. The third-order valence-corrected chi connectivity index (χ3v) is 4.43. The Morgan fingerprint density at radius 1 is 1.07 bits per heavy atom. The van der Waals surface area contributed by atoms with E-state index in [2.05, 4.69) is 15.3 Å². The Bertz CT molecular complexity index is 1150. The van der Waals surface area contributed by atoms with E-state index in [9.17, 15) is 4.79 Å². The van der Waals surface area contributed by atoms with Crippen LogP contribution >= 0.6 is 0 Å². The van der Waals surface area contributed by atoms with Crippen LogP contribution in [0.2, 0.25) is 0 Å². The first-order valence-corrected chi connectivity index (χ1v) is 9.20. The predicted molar refractivity (Wildman–Crippen MR) is 111 cm³/mol. The van der Waals surface area contributed by atoms with Crippen molar-refractivity contribution in [2.24, 2.45) is 0 Å². The van der Waals surface area contributed by atoms with Gasteiger partial charge in [0.15, 0.2) is 11.5 Å². The summed E-state index contributed by atoms with van der Waals surface area (Å²) in [4.78, 5) is 21.4. The number of benzene rings is 2. The van der Waals surface area contributed by atoms with E-state index in [4.69, 9.17) is 9.47 Å². The van der Waals surface area contributed by atoms with Crippen LogP contribution in [-0.4, -0.2) is 34.2 Å². The fourth-order valence-electron chi connectivity index (χ4n) is 3.03. The van der Waals surface area contributed by atoms with Crippen LogP contribution in [-0.2, 0) is 0 Å². The highest BCUT2D eigenvalue weighted by Crippen LogP contribution is 2.28. The van der Waals surface area contributed by atoms with E-state index in [0.717, 1.165) is 16.9 Å². The van der Waals surface area contributed by atoms with Gasteiger partial charge in [-0.25, -0.2) is 9.97 Å². The van der Waals surface area contributed by atoms with Gasteiger partial charge in [-0.05, 0) is 49.4 Å². The Morgan fingerprint density at radius 3 is 2.69 bits per heavy atom. The topological polar surface area (TPSA) is 78.3 Å². The Balaban J connectivity index is 1.52. The van der Waals surface area contributed by atoms with Crippen molar-refractivity contribution in [2.75, 3.05) is 19.0 Å². The molecule has 4 rings (SSSR count). The van der Waals surface area contributed by atoms with Crippen LogP contribution in [0.1, 0.15) is 17.3 Å². The lowest BCUT2D eigenvalue weighted by Gasteiger charge is -2.11. The van der Waals surface area contributed by atoms with Gasteiger partial charge >= 0.3 is 0 Å². The summed E-state index contributed by atoms with van der Waals surface area (Å²) in [5, 5.41) is 2.85. The number of carbonyl (C=O) groups excluding carboxylic acids is 1. The molecule has 1 N–H and O–H groups in total. The maximum Gasteiger partial charge on any atom is 0.255 e. The Morgan fingerprint density at radius 2 is 1.93 bits per heavy atom. The molecular formula is C22H20N4O3. The van der Waals surface area contributed by atoms with Crippen LogP contribution in [0.15, 0.2) is 67.1 Å². The minimum atomic E-state index is -0.256. The summed E-state index contributed by atoms with van der Waals surface area (Å²) < 4.78 is 12.7. The molecule has 7 nitrogen and oxygen atoms in total. The molecule has 146 valence electrons. The van der Waals surface area contributed by atoms with Gasteiger partial charge in [-0.15, -0.1) is 0 Å². The van der Waals surface area contributed by atoms with Crippen molar-refractivity contribution in [3.05, 3.63) is 72.7 Å². The first kappa shape index (κ1) is 18.5. The maximum absolute atomic E-state index is 12.6. The van der Waals surface area contributed by atoms with Crippen molar-refractivity contribution in [3.63, 3.8) is 0 Å². The largest absolute Gasteiger partial charge is 0.493 e. The summed E-state index contributed by atoms with van der Waals surface area (Å²) in [5.74, 6) is 1.58. The fourth-order valence-corrected chi connectivity index (χ4v) is 3.03. The minimum absolute atomic E-state index is 0.256. The van der Waals surface area contributed by atoms with Crippen LogP contribution in [0.4, 0.5) is 5.69 Å². The normalized spacial score (nSPS) is 10.7. The molecule has 0 aliphatic carbocycles. The second-order valence-electron chi connectivity index (χ2n) is 6.26. The molecule has 0 aliphatic rings. The number of ether oxygens (including phenoxy) is 2. The highest BCUT2D eigenvalue weighted by Gasteiger charge is 2.12. The first-order valence-electron chi connectivity index (χ1n) is 9.20. The summed E-state index contributed by atoms with van der Waals surface area (Å²) >= 11 is 0. The highest BCUT2D eigenvalue weighted by molar-refractivity contribution is 6.04. The van der Waals surface area contributed by atoms with Gasteiger partial charge < -0.3 is 14.8 Å². The van der Waals surface area contributed by atoms with E-state index >= 15 is 0 Å². The first-order chi connectivity index (χ1) is 14.2. The molecule has 29 heavy (non-hydrogen) atoms. The molecule has 1 amide bonds. The van der Waals surface area contributed by atoms with Crippen LogP contribution < -0.4 is 14.8 Å². The third kappa shape index (κ3) is 3.75. The van der Waals surface area contributed by atoms with Crippen LogP contribution in [0.5, 0.6) is 11.5 Å². The number of pyridine rings is 1. The number of methoxy groups -OCH3 is 1. The van der Waals surface area contributed by atoms with E-state index in [1.165, 1.54) is 0 Å². The second-order valence-corrected chi connectivity index (χ2v) is 6.26. The monoisotopic (exact) mass is 388 g/mol. The number of nitrogens with one attached hydrogen (secondary N) is 1. The smallest absolute Gasteiger partial charge is 0.255 e. The van der Waals surface area contributed by atoms with Gasteiger partial charge in [0.2, 0.25) is 0 Å². The van der Waals surface area contributed by atoms with E-state index in [1.807, 2.05) is 41.8 Å². The summed E-state index contributed by atoms with van der Waals surface area (Å²) in [6.45, 7) is 2.41. The van der Waals surface area contributed by atoms with Gasteiger partial charge in [-0.3, -0.25) is 9.36 Å². The third-order valence-electron chi connectivity index (χ3n) is 4.43. The zero-order valence-corrected chi connectivity index (χ0v) is 16.1. The molecule has 0 saturated carbocycles. The van der Waals surface area contributed by atoms with Crippen LogP contribution in [0.3, 0.4) is 0 Å². The number of hydrogen-bond acceptors (Lipinski definition) is 5. The highest BCUT2D eigenvalue weighted by atomic mass is 16.5. The molecule has 0 aliphatic heterocycles. The van der Waals surface area contributed by atoms with E-state index in [0.29, 0.717) is 29.4 Å².